The van der Waals surface area contributed by atoms with Crippen LogP contribution in [0.3, 0.4) is 0 Å². The predicted octanol–water partition coefficient (Wildman–Crippen LogP) is 4.30. The summed E-state index contributed by atoms with van der Waals surface area (Å²) in [6, 6.07) is 1.78. The van der Waals surface area contributed by atoms with Crippen LogP contribution >= 0.6 is 11.6 Å². The number of alkyl halides is 2. The van der Waals surface area contributed by atoms with Gasteiger partial charge in [-0.3, -0.25) is 28.5 Å². The molecule has 2 aromatic rings. The Hall–Kier alpha value is -4.32. The molecule has 19 heteroatoms. The minimum Gasteiger partial charge on any atom is -0.459 e. The first kappa shape index (κ1) is 42.4. The molecular formula is C41H51ClF2N6O9S. The largest absolute Gasteiger partial charge is 0.459 e. The highest BCUT2D eigenvalue weighted by Gasteiger charge is 2.68. The molecule has 15 nitrogen and oxygen atoms in total. The van der Waals surface area contributed by atoms with Crippen LogP contribution < -0.4 is 25.7 Å². The maximum atomic E-state index is 14.9. The number of nitrogens with one attached hydrogen (secondary N) is 3. The Labute approximate surface area is 351 Å². The summed E-state index contributed by atoms with van der Waals surface area (Å²) in [7, 11) is -4.27. The van der Waals surface area contributed by atoms with Crippen molar-refractivity contribution in [2.45, 2.75) is 127 Å². The quantitative estimate of drug-likeness (QED) is 0.353. The fourth-order valence-electron chi connectivity index (χ4n) is 9.44. The van der Waals surface area contributed by atoms with Gasteiger partial charge < -0.3 is 25.0 Å². The van der Waals surface area contributed by atoms with Crippen LogP contribution in [0.1, 0.15) is 79.6 Å². The van der Waals surface area contributed by atoms with E-state index in [-0.39, 0.29) is 54.9 Å². The number of nitrogens with zero attached hydrogens (tertiary/aromatic N) is 3. The SMILES string of the molecule is C[C@@H]1[C@@H]2CN(C(=O)[C@H](C(C)(C)C)NC(=O)O[C@@H]3C[C@@H]4C[C@@H]4[C@H]3CC/C=C\Cn3c(nc4cc(Cl)ccc4c3=O)O2)[C@@H]1C(=O)N[C@]1(C(=O)NS(=O)(=O)C2(C)CC2)C[C@H]1C(F)F. The van der Waals surface area contributed by atoms with E-state index in [0.29, 0.717) is 29.7 Å². The number of ether oxygens (including phenoxy) is 2. The summed E-state index contributed by atoms with van der Waals surface area (Å²) >= 11 is 6.29. The summed E-state index contributed by atoms with van der Waals surface area (Å²) in [6.07, 6.45) is 1.62. The summed E-state index contributed by atoms with van der Waals surface area (Å²) in [5, 5.41) is 5.82. The molecule has 4 saturated carbocycles. The molecule has 60 heavy (non-hydrogen) atoms. The van der Waals surface area contributed by atoms with Gasteiger partial charge in [-0.15, -0.1) is 0 Å². The van der Waals surface area contributed by atoms with E-state index < -0.39 is 98.0 Å². The second-order valence-electron chi connectivity index (χ2n) is 18.9. The van der Waals surface area contributed by atoms with Crippen LogP contribution in [0.5, 0.6) is 6.01 Å². The first-order valence-corrected chi connectivity index (χ1v) is 22.5. The predicted molar refractivity (Wildman–Crippen MR) is 215 cm³/mol. The number of rotatable bonds is 6. The second-order valence-corrected chi connectivity index (χ2v) is 21.5. The number of alkyl carbamates (subject to hydrolysis) is 1. The summed E-state index contributed by atoms with van der Waals surface area (Å²) in [6.45, 7) is 7.97. The molecular weight excluding hydrogens is 826 g/mol. The van der Waals surface area contributed by atoms with E-state index in [1.54, 1.807) is 39.8 Å². The van der Waals surface area contributed by atoms with Crippen molar-refractivity contribution in [1.82, 2.24) is 29.8 Å². The molecule has 2 bridgehead atoms. The topological polar surface area (TPSA) is 195 Å². The number of sulfonamides is 1. The molecule has 6 aliphatic rings. The van der Waals surface area contributed by atoms with E-state index in [0.717, 1.165) is 12.8 Å². The zero-order valence-corrected chi connectivity index (χ0v) is 35.7. The number of allylic oxidation sites excluding steroid dienone is 2. The molecule has 1 aromatic heterocycles. The molecule has 326 valence electrons. The van der Waals surface area contributed by atoms with Gasteiger partial charge in [-0.1, -0.05) is 51.4 Å². The molecule has 3 N–H and O–H groups in total. The summed E-state index contributed by atoms with van der Waals surface area (Å²) in [4.78, 5) is 76.7. The van der Waals surface area contributed by atoms with E-state index in [2.05, 4.69) is 15.6 Å². The molecule has 0 spiro atoms. The summed E-state index contributed by atoms with van der Waals surface area (Å²) < 4.78 is 69.4. The van der Waals surface area contributed by atoms with E-state index in [1.165, 1.54) is 22.5 Å². The number of hydrogen-bond acceptors (Lipinski definition) is 10. The van der Waals surface area contributed by atoms with E-state index in [4.69, 9.17) is 21.1 Å². The maximum absolute atomic E-state index is 14.9. The Kier molecular flexibility index (Phi) is 10.6. The van der Waals surface area contributed by atoms with Crippen molar-refractivity contribution in [3.05, 3.63) is 45.7 Å². The molecule has 2 aliphatic heterocycles. The first-order valence-electron chi connectivity index (χ1n) is 20.6. The number of amides is 4. The van der Waals surface area contributed by atoms with E-state index >= 15 is 0 Å². The molecule has 5 fully saturated rings. The molecule has 0 radical (unpaired) electrons. The Morgan fingerprint density at radius 1 is 1.07 bits per heavy atom. The normalized spacial score (nSPS) is 34.1. The van der Waals surface area contributed by atoms with Crippen LogP contribution in [-0.2, 0) is 35.7 Å². The highest BCUT2D eigenvalue weighted by molar-refractivity contribution is 7.91. The lowest BCUT2D eigenvalue weighted by Gasteiger charge is -2.36. The highest BCUT2D eigenvalue weighted by atomic mass is 35.5. The van der Waals surface area contributed by atoms with Gasteiger partial charge in [0.1, 0.15) is 29.8 Å². The van der Waals surface area contributed by atoms with Crippen LogP contribution in [0, 0.1) is 35.0 Å². The highest BCUT2D eigenvalue weighted by Crippen LogP contribution is 2.57. The molecule has 8 rings (SSSR count). The van der Waals surface area contributed by atoms with Gasteiger partial charge in [0.25, 0.3) is 17.5 Å². The van der Waals surface area contributed by atoms with Crippen LogP contribution in [0.2, 0.25) is 5.02 Å². The fourth-order valence-corrected chi connectivity index (χ4v) is 10.9. The number of benzene rings is 1. The Morgan fingerprint density at radius 2 is 1.80 bits per heavy atom. The van der Waals surface area contributed by atoms with Gasteiger partial charge in [0.2, 0.25) is 28.3 Å². The van der Waals surface area contributed by atoms with Crippen molar-refractivity contribution < 1.29 is 45.9 Å². The Morgan fingerprint density at radius 3 is 2.47 bits per heavy atom. The lowest BCUT2D eigenvalue weighted by molar-refractivity contribution is -0.143. The van der Waals surface area contributed by atoms with Gasteiger partial charge in [0, 0.05) is 17.5 Å². The Balaban J connectivity index is 1.17. The standard InChI is InChI=1S/C41H51ClF2N6O9S/c1-20-29-19-50(30(20)33(51)47-41(18-26(41)32(43)44)36(54)48-60(56,57)40(5)12-13-40)35(53)31(39(2,3)4)46-38(55)59-28-16-21-15-25(21)23(28)9-7-6-8-14-49-34(52)24-11-10-22(42)17-27(24)45-37(49)58-29/h6,8,10-11,17,20-21,23,25-26,28-32H,7,9,12-16,18-19H2,1-5H3,(H,46,55)(H,47,51)(H,48,54)/b8-6-/t20-,21+,23-,25+,26+,28-,29+,30+,31-,41-/m1/s1. The molecule has 0 unspecified atom stereocenters. The van der Waals surface area contributed by atoms with E-state index in [9.17, 15) is 41.2 Å². The van der Waals surface area contributed by atoms with Gasteiger partial charge in [-0.25, -0.2) is 22.0 Å². The van der Waals surface area contributed by atoms with Crippen molar-refractivity contribution in [1.29, 1.82) is 0 Å². The third-order valence-corrected chi connectivity index (χ3v) is 16.1. The van der Waals surface area contributed by atoms with Gasteiger partial charge in [0.05, 0.1) is 28.1 Å². The van der Waals surface area contributed by atoms with E-state index in [1.807, 2.05) is 16.9 Å². The minimum atomic E-state index is -4.27. The fraction of sp³-hybridized carbons (Fsp3) is 0.659. The van der Waals surface area contributed by atoms with Crippen LogP contribution in [0.25, 0.3) is 10.9 Å². The van der Waals surface area contributed by atoms with Gasteiger partial charge in [-0.05, 0) is 93.2 Å². The van der Waals surface area contributed by atoms with Crippen molar-refractivity contribution in [2.24, 2.45) is 35.0 Å². The first-order chi connectivity index (χ1) is 28.1. The average molecular weight is 877 g/mol. The molecule has 1 saturated heterocycles. The molecule has 3 heterocycles. The third-order valence-electron chi connectivity index (χ3n) is 13.7. The molecule has 4 aliphatic carbocycles. The average Bonchev–Trinajstić information content (AvgIpc) is 4.11. The lowest BCUT2D eigenvalue weighted by Crippen LogP contribution is -2.61. The minimum absolute atomic E-state index is 0.0626. The van der Waals surface area contributed by atoms with Gasteiger partial charge >= 0.3 is 6.09 Å². The van der Waals surface area contributed by atoms with Crippen molar-refractivity contribution in [2.75, 3.05) is 6.54 Å². The zero-order chi connectivity index (χ0) is 43.3. The number of fused-ring (bicyclic) bond motifs is 7. The van der Waals surface area contributed by atoms with Crippen LogP contribution in [0.15, 0.2) is 35.1 Å². The number of carbonyl (C=O) groups is 4. The second kappa shape index (κ2) is 14.9. The summed E-state index contributed by atoms with van der Waals surface area (Å²) in [5.74, 6) is -4.71. The Bertz CT molecular complexity index is 2330. The monoisotopic (exact) mass is 876 g/mol. The van der Waals surface area contributed by atoms with Crippen molar-refractivity contribution in [3.8, 4) is 6.01 Å². The van der Waals surface area contributed by atoms with Crippen LogP contribution in [-0.4, -0.2) is 94.2 Å². The van der Waals surface area contributed by atoms with Crippen molar-refractivity contribution in [3.63, 3.8) is 0 Å². The van der Waals surface area contributed by atoms with Gasteiger partial charge in [-0.2, -0.15) is 4.98 Å². The maximum Gasteiger partial charge on any atom is 0.408 e. The number of halogens is 3. The van der Waals surface area contributed by atoms with Gasteiger partial charge in [0.15, 0.2) is 0 Å². The number of hydrogen-bond donors (Lipinski definition) is 3. The number of carbonyl (C=O) groups excluding carboxylic acids is 4. The zero-order valence-electron chi connectivity index (χ0n) is 34.1. The lowest BCUT2D eigenvalue weighted by atomic mass is 9.85. The van der Waals surface area contributed by atoms with Crippen LogP contribution in [0.4, 0.5) is 13.6 Å². The molecule has 10 atom stereocenters. The molecule has 1 aromatic carbocycles. The summed E-state index contributed by atoms with van der Waals surface area (Å²) in [5.41, 5.74) is -3.42. The number of aromatic nitrogens is 2. The smallest absolute Gasteiger partial charge is 0.408 e. The molecule has 4 amide bonds. The van der Waals surface area contributed by atoms with Crippen molar-refractivity contribution >= 4 is 56.3 Å². The third kappa shape index (κ3) is 7.64.